The van der Waals surface area contributed by atoms with Crippen LogP contribution >= 0.6 is 27.7 Å². The molecule has 2 nitrogen and oxygen atoms in total. The van der Waals surface area contributed by atoms with E-state index < -0.39 is 0 Å². The van der Waals surface area contributed by atoms with Gasteiger partial charge in [0, 0.05) is 14.9 Å². The van der Waals surface area contributed by atoms with Gasteiger partial charge in [-0.25, -0.2) is 4.79 Å². The molecule has 0 aromatic heterocycles. The maximum absolute atomic E-state index is 12.9. The Balaban J connectivity index is 1.97. The van der Waals surface area contributed by atoms with Crippen molar-refractivity contribution in [3.8, 4) is 33.4 Å². The molecule has 0 aliphatic heterocycles. The highest BCUT2D eigenvalue weighted by Crippen LogP contribution is 2.54. The van der Waals surface area contributed by atoms with Gasteiger partial charge in [-0.3, -0.25) is 0 Å². The lowest BCUT2D eigenvalue weighted by Crippen LogP contribution is -2.06. The molecule has 0 radical (unpaired) electrons. The minimum Gasteiger partial charge on any atom is -0.465 e. The third-order valence-electron chi connectivity index (χ3n) is 5.50. The van der Waals surface area contributed by atoms with Crippen LogP contribution in [-0.2, 0) is 4.74 Å². The molecule has 1 aliphatic carbocycles. The number of ether oxygens (including phenoxy) is 1. The van der Waals surface area contributed by atoms with Gasteiger partial charge in [0.2, 0.25) is 0 Å². The first kappa shape index (κ1) is 18.5. The van der Waals surface area contributed by atoms with Crippen molar-refractivity contribution < 1.29 is 9.53 Å². The summed E-state index contributed by atoms with van der Waals surface area (Å²) in [6, 6.07) is 23.1. The Labute approximate surface area is 182 Å². The summed E-state index contributed by atoms with van der Waals surface area (Å²) < 4.78 is 6.24. The van der Waals surface area contributed by atoms with E-state index in [0.29, 0.717) is 5.56 Å². The highest BCUT2D eigenvalue weighted by molar-refractivity contribution is 9.10. The molecule has 0 fully saturated rings. The van der Waals surface area contributed by atoms with Crippen LogP contribution in [0.1, 0.15) is 10.4 Å². The fourth-order valence-corrected chi connectivity index (χ4v) is 5.18. The van der Waals surface area contributed by atoms with Crippen LogP contribution in [0, 0.1) is 0 Å². The van der Waals surface area contributed by atoms with Crippen LogP contribution in [0.25, 0.3) is 44.2 Å². The maximum atomic E-state index is 12.9. The van der Waals surface area contributed by atoms with E-state index in [0.717, 1.165) is 37.2 Å². The zero-order chi connectivity index (χ0) is 20.1. The number of carbonyl (C=O) groups excluding carboxylic acids is 1. The maximum Gasteiger partial charge on any atom is 0.339 e. The summed E-state index contributed by atoms with van der Waals surface area (Å²) in [6.45, 7) is 0. The third kappa shape index (κ3) is 2.74. The molecule has 0 saturated heterocycles. The van der Waals surface area contributed by atoms with Crippen LogP contribution in [0.3, 0.4) is 0 Å². The van der Waals surface area contributed by atoms with Crippen LogP contribution in [0.15, 0.2) is 76.1 Å². The van der Waals surface area contributed by atoms with Gasteiger partial charge in [0.05, 0.1) is 12.7 Å². The van der Waals surface area contributed by atoms with Crippen LogP contribution in [0.5, 0.6) is 0 Å². The van der Waals surface area contributed by atoms with E-state index >= 15 is 0 Å². The van der Waals surface area contributed by atoms with Crippen LogP contribution in [0.4, 0.5) is 0 Å². The molecule has 0 heterocycles. The summed E-state index contributed by atoms with van der Waals surface area (Å²) in [5.41, 5.74) is 7.27. The van der Waals surface area contributed by atoms with Crippen molar-refractivity contribution in [3.63, 3.8) is 0 Å². The molecular weight excluding hydrogens is 444 g/mol. The van der Waals surface area contributed by atoms with Gasteiger partial charge in [-0.05, 0) is 63.0 Å². The topological polar surface area (TPSA) is 26.3 Å². The molecule has 5 rings (SSSR count). The lowest BCUT2D eigenvalue weighted by atomic mass is 9.90. The molecule has 0 amide bonds. The second-order valence-electron chi connectivity index (χ2n) is 6.96. The van der Waals surface area contributed by atoms with Crippen LogP contribution < -0.4 is 0 Å². The number of benzene rings is 4. The highest BCUT2D eigenvalue weighted by Gasteiger charge is 2.31. The molecule has 4 aromatic rings. The van der Waals surface area contributed by atoms with Crippen molar-refractivity contribution in [1.82, 2.24) is 0 Å². The number of carbonyl (C=O) groups is 1. The molecule has 0 bridgehead atoms. The van der Waals surface area contributed by atoms with E-state index in [2.05, 4.69) is 82.7 Å². The van der Waals surface area contributed by atoms with Gasteiger partial charge in [-0.15, -0.1) is 11.8 Å². The predicted octanol–water partition coefficient (Wildman–Crippen LogP) is 7.43. The van der Waals surface area contributed by atoms with E-state index in [9.17, 15) is 4.79 Å². The van der Waals surface area contributed by atoms with E-state index in [1.807, 2.05) is 6.26 Å². The lowest BCUT2D eigenvalue weighted by molar-refractivity contribution is 0.0598. The van der Waals surface area contributed by atoms with E-state index in [1.165, 1.54) is 23.4 Å². The van der Waals surface area contributed by atoms with Crippen molar-refractivity contribution in [2.24, 2.45) is 0 Å². The molecule has 142 valence electrons. The third-order valence-corrected chi connectivity index (χ3v) is 6.79. The average Bonchev–Trinajstić information content (AvgIpc) is 3.09. The summed E-state index contributed by atoms with van der Waals surface area (Å²) in [4.78, 5) is 13.8. The largest absolute Gasteiger partial charge is 0.465 e. The average molecular weight is 461 g/mol. The number of hydrogen-bond acceptors (Lipinski definition) is 3. The zero-order valence-corrected chi connectivity index (χ0v) is 18.4. The number of fused-ring (bicyclic) bond motifs is 3. The Hall–Kier alpha value is -2.56. The molecule has 4 heteroatoms. The van der Waals surface area contributed by atoms with E-state index in [-0.39, 0.29) is 5.97 Å². The van der Waals surface area contributed by atoms with Crippen molar-refractivity contribution in [2.75, 3.05) is 13.4 Å². The summed E-state index contributed by atoms with van der Waals surface area (Å²) in [6.07, 6.45) is 2.00. The summed E-state index contributed by atoms with van der Waals surface area (Å²) in [5, 5.41) is 2.38. The Morgan fingerprint density at radius 1 is 0.897 bits per heavy atom. The van der Waals surface area contributed by atoms with Gasteiger partial charge in [-0.2, -0.15) is 0 Å². The van der Waals surface area contributed by atoms with Crippen molar-refractivity contribution in [2.45, 2.75) is 4.90 Å². The first-order chi connectivity index (χ1) is 14.1. The number of thioether (sulfide) groups is 1. The Bertz CT molecular complexity index is 1290. The molecule has 1 aliphatic rings. The smallest absolute Gasteiger partial charge is 0.339 e. The molecule has 0 spiro atoms. The van der Waals surface area contributed by atoms with Crippen molar-refractivity contribution >= 4 is 44.4 Å². The van der Waals surface area contributed by atoms with Crippen molar-refractivity contribution in [3.05, 3.63) is 76.8 Å². The summed E-state index contributed by atoms with van der Waals surface area (Å²) in [5.74, 6) is -0.294. The zero-order valence-electron chi connectivity index (χ0n) is 16.0. The number of rotatable bonds is 3. The summed E-state index contributed by atoms with van der Waals surface area (Å²) in [7, 11) is 1.45. The molecule has 0 saturated carbocycles. The van der Waals surface area contributed by atoms with Crippen LogP contribution in [0.2, 0.25) is 0 Å². The first-order valence-electron chi connectivity index (χ1n) is 9.25. The molecule has 0 unspecified atom stereocenters. The number of esters is 1. The first-order valence-corrected chi connectivity index (χ1v) is 11.3. The van der Waals surface area contributed by atoms with Gasteiger partial charge in [0.15, 0.2) is 0 Å². The Morgan fingerprint density at radius 2 is 1.55 bits per heavy atom. The predicted molar refractivity (Wildman–Crippen MR) is 125 cm³/mol. The highest BCUT2D eigenvalue weighted by atomic mass is 79.9. The van der Waals surface area contributed by atoms with Gasteiger partial charge in [0.25, 0.3) is 0 Å². The monoisotopic (exact) mass is 460 g/mol. The molecule has 0 N–H and O–H groups in total. The fraction of sp³-hybridized carbons (Fsp3) is 0.0800. The second kappa shape index (κ2) is 7.05. The Kier molecular flexibility index (Phi) is 4.49. The fourth-order valence-electron chi connectivity index (χ4n) is 4.29. The summed E-state index contributed by atoms with van der Waals surface area (Å²) >= 11 is 5.11. The number of hydrogen-bond donors (Lipinski definition) is 0. The second-order valence-corrected chi connectivity index (χ2v) is 8.72. The standard InChI is InChI=1S/C25H17BrO2S/c1-28-25(27)24-20(29-2)13-19(14-9-11-16(26)12-10-14)22-17-7-3-5-15-6-4-8-18(21(15)17)23(22)24/h3-13H,1-2H3. The number of methoxy groups -OCH3 is 1. The molecule has 0 atom stereocenters. The number of halogens is 1. The van der Waals surface area contributed by atoms with Gasteiger partial charge in [-0.1, -0.05) is 64.5 Å². The molecule has 4 aromatic carbocycles. The quantitative estimate of drug-likeness (QED) is 0.207. The van der Waals surface area contributed by atoms with Gasteiger partial charge >= 0.3 is 5.97 Å². The minimum absolute atomic E-state index is 0.294. The van der Waals surface area contributed by atoms with E-state index in [4.69, 9.17) is 4.74 Å². The van der Waals surface area contributed by atoms with E-state index in [1.54, 1.807) is 11.8 Å². The molecular formula is C25H17BrO2S. The van der Waals surface area contributed by atoms with Crippen LogP contribution in [-0.4, -0.2) is 19.3 Å². The normalized spacial score (nSPS) is 11.6. The van der Waals surface area contributed by atoms with Crippen molar-refractivity contribution in [1.29, 1.82) is 0 Å². The minimum atomic E-state index is -0.294. The molecule has 29 heavy (non-hydrogen) atoms. The Morgan fingerprint density at radius 3 is 2.17 bits per heavy atom. The van der Waals surface area contributed by atoms with Gasteiger partial charge in [0.1, 0.15) is 0 Å². The lowest BCUT2D eigenvalue weighted by Gasteiger charge is -2.17. The van der Waals surface area contributed by atoms with Gasteiger partial charge < -0.3 is 4.74 Å². The SMILES string of the molecule is COC(=O)c1c(SC)cc(-c2ccc(Br)cc2)c2c1-c1cccc3cccc-2c13.